The summed E-state index contributed by atoms with van der Waals surface area (Å²) in [5, 5.41) is 19.8. The number of carbonyl (C=O) groups excluding carboxylic acids is 1. The summed E-state index contributed by atoms with van der Waals surface area (Å²) in [7, 11) is 2.79. The van der Waals surface area contributed by atoms with Gasteiger partial charge in [-0.25, -0.2) is 0 Å². The summed E-state index contributed by atoms with van der Waals surface area (Å²) in [5.41, 5.74) is 0.371. The van der Waals surface area contributed by atoms with Crippen LogP contribution in [0, 0.1) is 21.4 Å². The van der Waals surface area contributed by atoms with Crippen LogP contribution in [0.1, 0.15) is 15.9 Å². The number of nitro benzene ring substituents is 1. The molecule has 8 nitrogen and oxygen atoms in total. The fourth-order valence-electron chi connectivity index (χ4n) is 2.27. The molecule has 0 fully saturated rings. The van der Waals surface area contributed by atoms with Crippen LogP contribution in [-0.2, 0) is 0 Å². The number of rotatable bonds is 8. The van der Waals surface area contributed by atoms with Crippen molar-refractivity contribution in [3.8, 4) is 23.3 Å². The Bertz CT molecular complexity index is 913. The molecule has 0 aliphatic rings. The van der Waals surface area contributed by atoms with Crippen LogP contribution in [0.5, 0.6) is 17.2 Å². The van der Waals surface area contributed by atoms with Crippen molar-refractivity contribution < 1.29 is 23.9 Å². The zero-order chi connectivity index (χ0) is 19.8. The van der Waals surface area contributed by atoms with E-state index < -0.39 is 4.92 Å². The average Bonchev–Trinajstić information content (AvgIpc) is 2.69. The van der Waals surface area contributed by atoms with Crippen molar-refractivity contribution in [2.75, 3.05) is 20.8 Å². The first-order valence-electron chi connectivity index (χ1n) is 7.72. The summed E-state index contributed by atoms with van der Waals surface area (Å²) in [6.07, 6.45) is 2.59. The predicted octanol–water partition coefficient (Wildman–Crippen LogP) is 3.41. The highest BCUT2D eigenvalue weighted by molar-refractivity contribution is 6.07. The number of methoxy groups -OCH3 is 2. The molecule has 0 saturated carbocycles. The molecule has 0 N–H and O–H groups in total. The Labute approximate surface area is 155 Å². The van der Waals surface area contributed by atoms with Gasteiger partial charge in [-0.2, -0.15) is 5.26 Å². The molecule has 8 heteroatoms. The molecule has 0 atom stereocenters. The lowest BCUT2D eigenvalue weighted by Gasteiger charge is -2.08. The highest BCUT2D eigenvalue weighted by Gasteiger charge is 2.18. The van der Waals surface area contributed by atoms with Gasteiger partial charge in [-0.1, -0.05) is 0 Å². The van der Waals surface area contributed by atoms with E-state index in [1.54, 1.807) is 24.3 Å². The summed E-state index contributed by atoms with van der Waals surface area (Å²) in [5.74, 6) is 0.661. The van der Waals surface area contributed by atoms with Gasteiger partial charge in [0.15, 0.2) is 23.9 Å². The van der Waals surface area contributed by atoms with Gasteiger partial charge in [-0.05, 0) is 42.5 Å². The number of ether oxygens (including phenoxy) is 3. The molecule has 0 amide bonds. The van der Waals surface area contributed by atoms with Gasteiger partial charge in [-0.3, -0.25) is 14.9 Å². The molecule has 138 valence electrons. The topological polar surface area (TPSA) is 112 Å². The van der Waals surface area contributed by atoms with Gasteiger partial charge in [0, 0.05) is 5.56 Å². The molecule has 2 aromatic carbocycles. The molecular weight excluding hydrogens is 352 g/mol. The van der Waals surface area contributed by atoms with Crippen LogP contribution < -0.4 is 14.2 Å². The quantitative estimate of drug-likeness (QED) is 0.304. The smallest absolute Gasteiger partial charge is 0.280 e. The predicted molar refractivity (Wildman–Crippen MR) is 97.1 cm³/mol. The third kappa shape index (κ3) is 4.83. The maximum absolute atomic E-state index is 12.3. The van der Waals surface area contributed by atoms with E-state index in [1.807, 2.05) is 6.07 Å². The van der Waals surface area contributed by atoms with E-state index in [4.69, 9.17) is 19.5 Å². The third-order valence-electron chi connectivity index (χ3n) is 3.59. The highest BCUT2D eigenvalue weighted by atomic mass is 16.6. The average molecular weight is 368 g/mol. The second kappa shape index (κ2) is 9.01. The zero-order valence-corrected chi connectivity index (χ0v) is 14.7. The summed E-state index contributed by atoms with van der Waals surface area (Å²) >= 11 is 0. The minimum atomic E-state index is -0.562. The minimum Gasteiger partial charge on any atom is -0.493 e. The van der Waals surface area contributed by atoms with Gasteiger partial charge in [0.1, 0.15) is 11.8 Å². The van der Waals surface area contributed by atoms with Gasteiger partial charge in [0.2, 0.25) is 0 Å². The Kier molecular flexibility index (Phi) is 6.49. The molecule has 27 heavy (non-hydrogen) atoms. The number of nitriles is 1. The maximum atomic E-state index is 12.3. The number of ketones is 1. The van der Waals surface area contributed by atoms with Gasteiger partial charge < -0.3 is 14.2 Å². The molecule has 0 saturated heterocycles. The second-order valence-corrected chi connectivity index (χ2v) is 5.19. The molecule has 0 unspecified atom stereocenters. The van der Waals surface area contributed by atoms with Crippen molar-refractivity contribution in [3.05, 3.63) is 63.7 Å². The number of benzene rings is 2. The molecular formula is C19H16N2O6. The van der Waals surface area contributed by atoms with Gasteiger partial charge in [-0.15, -0.1) is 0 Å². The number of hydrogen-bond donors (Lipinski definition) is 0. The summed E-state index contributed by atoms with van der Waals surface area (Å²) in [4.78, 5) is 23.0. The zero-order valence-electron chi connectivity index (χ0n) is 14.7. The maximum Gasteiger partial charge on any atom is 0.280 e. The Morgan fingerprint density at radius 1 is 1.19 bits per heavy atom. The SMILES string of the molecule is COc1cc(/C=C/C(=O)c2ccc(OCC#N)cc2)c([N+](=O)[O-])cc1OC. The second-order valence-electron chi connectivity index (χ2n) is 5.19. The van der Waals surface area contributed by atoms with Crippen LogP contribution in [0.15, 0.2) is 42.5 Å². The van der Waals surface area contributed by atoms with Crippen molar-refractivity contribution in [3.63, 3.8) is 0 Å². The van der Waals surface area contributed by atoms with Crippen molar-refractivity contribution in [1.82, 2.24) is 0 Å². The molecule has 2 rings (SSSR count). The third-order valence-corrected chi connectivity index (χ3v) is 3.59. The fraction of sp³-hybridized carbons (Fsp3) is 0.158. The van der Waals surface area contributed by atoms with Gasteiger partial charge >= 0.3 is 0 Å². The number of nitro groups is 1. The number of hydrogen-bond acceptors (Lipinski definition) is 7. The summed E-state index contributed by atoms with van der Waals surface area (Å²) in [6, 6.07) is 10.7. The van der Waals surface area contributed by atoms with Crippen LogP contribution >= 0.6 is 0 Å². The summed E-state index contributed by atoms with van der Waals surface area (Å²) in [6.45, 7) is -0.0871. The Morgan fingerprint density at radius 3 is 2.37 bits per heavy atom. The monoisotopic (exact) mass is 368 g/mol. The Morgan fingerprint density at radius 2 is 1.81 bits per heavy atom. The first-order valence-corrected chi connectivity index (χ1v) is 7.72. The molecule has 0 spiro atoms. The standard InChI is InChI=1S/C19H16N2O6/c1-25-18-11-14(16(21(23)24)12-19(18)26-2)5-8-17(22)13-3-6-15(7-4-13)27-10-9-20/h3-8,11-12H,10H2,1-2H3/b8-5+. The minimum absolute atomic E-state index is 0.0871. The first kappa shape index (κ1) is 19.5. The Balaban J connectivity index is 2.27. The van der Waals surface area contributed by atoms with Crippen LogP contribution in [0.3, 0.4) is 0 Å². The largest absolute Gasteiger partial charge is 0.493 e. The van der Waals surface area contributed by atoms with Crippen molar-refractivity contribution in [1.29, 1.82) is 5.26 Å². The normalized spacial score (nSPS) is 10.3. The molecule has 2 aromatic rings. The number of nitrogens with zero attached hydrogens (tertiary/aromatic N) is 2. The van der Waals surface area contributed by atoms with E-state index >= 15 is 0 Å². The number of carbonyl (C=O) groups is 1. The Hall–Kier alpha value is -3.86. The van der Waals surface area contributed by atoms with E-state index in [0.717, 1.165) is 0 Å². The van der Waals surface area contributed by atoms with Crippen LogP contribution in [-0.4, -0.2) is 31.5 Å². The van der Waals surface area contributed by atoms with Crippen molar-refractivity contribution >= 4 is 17.5 Å². The molecule has 0 aliphatic carbocycles. The lowest BCUT2D eigenvalue weighted by Crippen LogP contribution is -1.98. The van der Waals surface area contributed by atoms with E-state index in [0.29, 0.717) is 17.1 Å². The van der Waals surface area contributed by atoms with E-state index in [9.17, 15) is 14.9 Å². The molecule has 0 heterocycles. The highest BCUT2D eigenvalue weighted by Crippen LogP contribution is 2.35. The lowest BCUT2D eigenvalue weighted by atomic mass is 10.1. The van der Waals surface area contributed by atoms with Gasteiger partial charge in [0.25, 0.3) is 5.69 Å². The van der Waals surface area contributed by atoms with Crippen LogP contribution in [0.2, 0.25) is 0 Å². The van der Waals surface area contributed by atoms with Crippen LogP contribution in [0.25, 0.3) is 6.08 Å². The lowest BCUT2D eigenvalue weighted by molar-refractivity contribution is -0.385. The van der Waals surface area contributed by atoms with E-state index in [-0.39, 0.29) is 29.4 Å². The molecule has 0 aliphatic heterocycles. The first-order chi connectivity index (χ1) is 13.0. The van der Waals surface area contributed by atoms with Gasteiger partial charge in [0.05, 0.1) is 30.8 Å². The van der Waals surface area contributed by atoms with Crippen molar-refractivity contribution in [2.45, 2.75) is 0 Å². The number of allylic oxidation sites excluding steroid dienone is 1. The van der Waals surface area contributed by atoms with Crippen molar-refractivity contribution in [2.24, 2.45) is 0 Å². The van der Waals surface area contributed by atoms with E-state index in [2.05, 4.69) is 0 Å². The summed E-state index contributed by atoms with van der Waals surface area (Å²) < 4.78 is 15.3. The molecule has 0 bridgehead atoms. The van der Waals surface area contributed by atoms with E-state index in [1.165, 1.54) is 38.5 Å². The molecule has 0 radical (unpaired) electrons. The fourth-order valence-corrected chi connectivity index (χ4v) is 2.27. The molecule has 0 aromatic heterocycles. The van der Waals surface area contributed by atoms with Crippen LogP contribution in [0.4, 0.5) is 5.69 Å².